The van der Waals surface area contributed by atoms with Gasteiger partial charge in [0.25, 0.3) is 0 Å². The van der Waals surface area contributed by atoms with Crippen LogP contribution in [0.3, 0.4) is 0 Å². The number of nitrogens with zero attached hydrogens (tertiary/aromatic N) is 1. The van der Waals surface area contributed by atoms with Crippen LogP contribution in [0.15, 0.2) is 18.2 Å². The zero-order valence-corrected chi connectivity index (χ0v) is 10.7. The zero-order valence-electron chi connectivity index (χ0n) is 10.7. The first-order valence-electron chi connectivity index (χ1n) is 6.10. The highest BCUT2D eigenvalue weighted by Gasteiger charge is 2.45. The molecule has 0 aliphatic heterocycles. The van der Waals surface area contributed by atoms with E-state index in [9.17, 15) is 9.65 Å². The standard InChI is InChI=1S/C14H17FN2O/c1-10-3-6-12(15)7-13(10)18-9-14(8-16,17-2)11-4-5-11/h3,6-7,11,17H,4-5,9H2,1-2H3. The molecule has 0 amide bonds. The van der Waals surface area contributed by atoms with Gasteiger partial charge in [0.1, 0.15) is 23.7 Å². The van der Waals surface area contributed by atoms with E-state index in [0.29, 0.717) is 11.7 Å². The largest absolute Gasteiger partial charge is 0.490 e. The molecule has 3 nitrogen and oxygen atoms in total. The van der Waals surface area contributed by atoms with Crippen molar-refractivity contribution in [2.24, 2.45) is 5.92 Å². The molecule has 0 spiro atoms. The third-order valence-corrected chi connectivity index (χ3v) is 3.53. The monoisotopic (exact) mass is 248 g/mol. The van der Waals surface area contributed by atoms with E-state index in [2.05, 4.69) is 11.4 Å². The lowest BCUT2D eigenvalue weighted by Crippen LogP contribution is -2.49. The maximum absolute atomic E-state index is 13.1. The molecule has 1 atom stereocenters. The Balaban J connectivity index is 2.10. The molecule has 4 heteroatoms. The molecular formula is C14H17FN2O. The van der Waals surface area contributed by atoms with E-state index in [1.165, 1.54) is 12.1 Å². The maximum atomic E-state index is 13.1. The van der Waals surface area contributed by atoms with Crippen LogP contribution in [0.4, 0.5) is 4.39 Å². The molecule has 1 unspecified atom stereocenters. The summed E-state index contributed by atoms with van der Waals surface area (Å²) in [5, 5.41) is 12.4. The Morgan fingerprint density at radius 1 is 1.56 bits per heavy atom. The lowest BCUT2D eigenvalue weighted by Gasteiger charge is -2.26. The fraction of sp³-hybridized carbons (Fsp3) is 0.500. The molecule has 1 aliphatic carbocycles. The van der Waals surface area contributed by atoms with Crippen LogP contribution in [0.1, 0.15) is 18.4 Å². The summed E-state index contributed by atoms with van der Waals surface area (Å²) < 4.78 is 18.8. The third-order valence-electron chi connectivity index (χ3n) is 3.53. The normalized spacial score (nSPS) is 17.9. The number of nitrogens with one attached hydrogen (secondary N) is 1. The molecule has 0 aromatic heterocycles. The van der Waals surface area contributed by atoms with Gasteiger partial charge in [-0.2, -0.15) is 5.26 Å². The van der Waals surface area contributed by atoms with Crippen molar-refractivity contribution in [3.8, 4) is 11.8 Å². The van der Waals surface area contributed by atoms with Crippen LogP contribution in [-0.4, -0.2) is 19.2 Å². The van der Waals surface area contributed by atoms with Gasteiger partial charge in [0.15, 0.2) is 0 Å². The minimum Gasteiger partial charge on any atom is -0.490 e. The topological polar surface area (TPSA) is 45.0 Å². The summed E-state index contributed by atoms with van der Waals surface area (Å²) in [7, 11) is 1.77. The van der Waals surface area contributed by atoms with E-state index in [4.69, 9.17) is 4.74 Å². The molecule has 1 N–H and O–H groups in total. The third kappa shape index (κ3) is 2.46. The molecule has 1 saturated carbocycles. The average molecular weight is 248 g/mol. The second-order valence-electron chi connectivity index (χ2n) is 4.81. The van der Waals surface area contributed by atoms with Gasteiger partial charge >= 0.3 is 0 Å². The first kappa shape index (κ1) is 12.8. The number of nitriles is 1. The van der Waals surface area contributed by atoms with Crippen molar-refractivity contribution in [3.05, 3.63) is 29.6 Å². The van der Waals surface area contributed by atoms with Crippen molar-refractivity contribution in [1.29, 1.82) is 5.26 Å². The van der Waals surface area contributed by atoms with Crippen molar-refractivity contribution in [2.75, 3.05) is 13.7 Å². The van der Waals surface area contributed by atoms with E-state index < -0.39 is 5.54 Å². The van der Waals surface area contributed by atoms with Gasteiger partial charge in [0.2, 0.25) is 0 Å². The van der Waals surface area contributed by atoms with E-state index >= 15 is 0 Å². The quantitative estimate of drug-likeness (QED) is 0.870. The zero-order chi connectivity index (χ0) is 13.2. The Bertz CT molecular complexity index is 479. The van der Waals surface area contributed by atoms with Crippen LogP contribution in [0.5, 0.6) is 5.75 Å². The smallest absolute Gasteiger partial charge is 0.143 e. The van der Waals surface area contributed by atoms with Crippen molar-refractivity contribution in [1.82, 2.24) is 5.32 Å². The molecule has 2 rings (SSSR count). The molecule has 0 radical (unpaired) electrons. The van der Waals surface area contributed by atoms with Gasteiger partial charge in [-0.1, -0.05) is 6.07 Å². The van der Waals surface area contributed by atoms with Gasteiger partial charge in [-0.3, -0.25) is 5.32 Å². The number of halogens is 1. The highest BCUT2D eigenvalue weighted by atomic mass is 19.1. The van der Waals surface area contributed by atoms with Gasteiger partial charge in [-0.15, -0.1) is 0 Å². The number of ether oxygens (including phenoxy) is 1. The van der Waals surface area contributed by atoms with Crippen LogP contribution in [0.2, 0.25) is 0 Å². The fourth-order valence-electron chi connectivity index (χ4n) is 2.07. The molecule has 0 bridgehead atoms. The Hall–Kier alpha value is -1.60. The number of benzene rings is 1. The van der Waals surface area contributed by atoms with Crippen molar-refractivity contribution in [3.63, 3.8) is 0 Å². The molecule has 18 heavy (non-hydrogen) atoms. The Kier molecular flexibility index (Phi) is 3.53. The number of hydrogen-bond donors (Lipinski definition) is 1. The molecule has 1 aliphatic rings. The highest BCUT2D eigenvalue weighted by molar-refractivity contribution is 5.33. The molecule has 0 saturated heterocycles. The first-order chi connectivity index (χ1) is 8.61. The van der Waals surface area contributed by atoms with Gasteiger partial charge in [-0.05, 0) is 44.4 Å². The van der Waals surface area contributed by atoms with Crippen LogP contribution in [-0.2, 0) is 0 Å². The van der Waals surface area contributed by atoms with Crippen molar-refractivity contribution < 1.29 is 9.13 Å². The van der Waals surface area contributed by atoms with E-state index in [1.807, 2.05) is 6.92 Å². The van der Waals surface area contributed by atoms with E-state index in [1.54, 1.807) is 13.1 Å². The Morgan fingerprint density at radius 3 is 2.83 bits per heavy atom. The molecule has 1 aromatic rings. The predicted octanol–water partition coefficient (Wildman–Crippen LogP) is 2.40. The minimum atomic E-state index is -0.654. The molecule has 1 fully saturated rings. The van der Waals surface area contributed by atoms with Gasteiger partial charge in [0.05, 0.1) is 6.07 Å². The summed E-state index contributed by atoms with van der Waals surface area (Å²) in [5.41, 5.74) is 0.216. The van der Waals surface area contributed by atoms with E-state index in [-0.39, 0.29) is 12.4 Å². The number of likely N-dealkylation sites (N-methyl/N-ethyl adjacent to an activating group) is 1. The van der Waals surface area contributed by atoms with Gasteiger partial charge in [0, 0.05) is 6.07 Å². The number of rotatable bonds is 5. The lowest BCUT2D eigenvalue weighted by atomic mass is 9.96. The summed E-state index contributed by atoms with van der Waals surface area (Å²) in [6.45, 7) is 2.11. The van der Waals surface area contributed by atoms with Gasteiger partial charge in [-0.25, -0.2) is 4.39 Å². The second kappa shape index (κ2) is 4.95. The number of hydrogen-bond acceptors (Lipinski definition) is 3. The second-order valence-corrected chi connectivity index (χ2v) is 4.81. The minimum absolute atomic E-state index is 0.245. The SMILES string of the molecule is CNC(C#N)(COc1cc(F)ccc1C)C1CC1. The molecule has 0 heterocycles. The van der Waals surface area contributed by atoms with Crippen molar-refractivity contribution >= 4 is 0 Å². The maximum Gasteiger partial charge on any atom is 0.143 e. The Morgan fingerprint density at radius 2 is 2.28 bits per heavy atom. The Labute approximate surface area is 107 Å². The predicted molar refractivity (Wildman–Crippen MR) is 66.8 cm³/mol. The summed E-state index contributed by atoms with van der Waals surface area (Å²) in [5.74, 6) is 0.515. The summed E-state index contributed by atoms with van der Waals surface area (Å²) in [6.07, 6.45) is 2.08. The summed E-state index contributed by atoms with van der Waals surface area (Å²) in [4.78, 5) is 0. The lowest BCUT2D eigenvalue weighted by molar-refractivity contribution is 0.209. The average Bonchev–Trinajstić information content (AvgIpc) is 3.20. The summed E-state index contributed by atoms with van der Waals surface area (Å²) in [6, 6.07) is 6.74. The van der Waals surface area contributed by atoms with E-state index in [0.717, 1.165) is 18.4 Å². The van der Waals surface area contributed by atoms with Crippen LogP contribution >= 0.6 is 0 Å². The van der Waals surface area contributed by atoms with Crippen molar-refractivity contribution in [2.45, 2.75) is 25.3 Å². The van der Waals surface area contributed by atoms with Crippen LogP contribution in [0, 0.1) is 30.0 Å². The van der Waals surface area contributed by atoms with Crippen LogP contribution in [0.25, 0.3) is 0 Å². The number of aryl methyl sites for hydroxylation is 1. The highest BCUT2D eigenvalue weighted by Crippen LogP contribution is 2.39. The van der Waals surface area contributed by atoms with Crippen LogP contribution < -0.4 is 10.1 Å². The molecular weight excluding hydrogens is 231 g/mol. The fourth-order valence-corrected chi connectivity index (χ4v) is 2.07. The molecule has 96 valence electrons. The first-order valence-corrected chi connectivity index (χ1v) is 6.10. The van der Waals surface area contributed by atoms with Gasteiger partial charge < -0.3 is 4.74 Å². The molecule has 1 aromatic carbocycles. The summed E-state index contributed by atoms with van der Waals surface area (Å²) >= 11 is 0.